The second kappa shape index (κ2) is 70.3. The number of hydrogen-bond acceptors (Lipinski definition) is 5. The summed E-state index contributed by atoms with van der Waals surface area (Å²) in [5.41, 5.74) is 0. The highest BCUT2D eigenvalue weighted by Gasteiger charge is 2.20. The molecule has 478 valence electrons. The Morgan fingerprint density at radius 1 is 0.300 bits per heavy atom. The smallest absolute Gasteiger partial charge is 0.305 e. The van der Waals surface area contributed by atoms with E-state index in [0.717, 1.165) is 38.5 Å². The summed E-state index contributed by atoms with van der Waals surface area (Å²) in [5, 5.41) is 23.5. The molecule has 2 atom stereocenters. The summed E-state index contributed by atoms with van der Waals surface area (Å²) in [7, 11) is 0. The van der Waals surface area contributed by atoms with Gasteiger partial charge in [-0.3, -0.25) is 9.59 Å². The van der Waals surface area contributed by atoms with Crippen LogP contribution in [0.5, 0.6) is 0 Å². The summed E-state index contributed by atoms with van der Waals surface area (Å²) in [6, 6.07) is -0.540. The monoisotopic (exact) mass is 1130 g/mol. The summed E-state index contributed by atoms with van der Waals surface area (Å²) in [5.74, 6) is -0.00727. The number of amides is 1. The van der Waals surface area contributed by atoms with E-state index in [1.165, 1.54) is 366 Å². The van der Waals surface area contributed by atoms with Gasteiger partial charge in [0.15, 0.2) is 0 Å². The number of aliphatic hydroxyl groups is 2. The molecule has 0 aliphatic heterocycles. The minimum Gasteiger partial charge on any atom is -0.466 e. The molecular formula is C74H147NO5. The van der Waals surface area contributed by atoms with Crippen LogP contribution in [0.4, 0.5) is 0 Å². The van der Waals surface area contributed by atoms with Crippen molar-refractivity contribution in [3.8, 4) is 0 Å². The lowest BCUT2D eigenvalue weighted by Gasteiger charge is -2.22. The molecule has 0 saturated heterocycles. The van der Waals surface area contributed by atoms with Crippen LogP contribution >= 0.6 is 0 Å². The molecule has 0 aliphatic rings. The largest absolute Gasteiger partial charge is 0.466 e. The molecule has 1 amide bonds. The van der Waals surface area contributed by atoms with Gasteiger partial charge in [0.05, 0.1) is 25.4 Å². The second-order valence-corrected chi connectivity index (χ2v) is 26.0. The molecule has 2 unspecified atom stereocenters. The molecule has 0 rings (SSSR count). The topological polar surface area (TPSA) is 95.9 Å². The first kappa shape index (κ1) is 78.9. The van der Waals surface area contributed by atoms with Crippen LogP contribution in [-0.2, 0) is 14.3 Å². The molecule has 0 heterocycles. The van der Waals surface area contributed by atoms with Gasteiger partial charge in [0.25, 0.3) is 0 Å². The first-order valence-corrected chi connectivity index (χ1v) is 37.3. The molecule has 0 spiro atoms. The molecule has 3 N–H and O–H groups in total. The summed E-state index contributed by atoms with van der Waals surface area (Å²) in [4.78, 5) is 24.6. The van der Waals surface area contributed by atoms with Gasteiger partial charge in [-0.2, -0.15) is 0 Å². The lowest BCUT2D eigenvalue weighted by atomic mass is 10.0. The van der Waals surface area contributed by atoms with Crippen LogP contribution in [0.25, 0.3) is 0 Å². The van der Waals surface area contributed by atoms with Gasteiger partial charge in [0.1, 0.15) is 0 Å². The van der Waals surface area contributed by atoms with Gasteiger partial charge in [0, 0.05) is 12.8 Å². The summed E-state index contributed by atoms with van der Waals surface area (Å²) in [6.45, 7) is 5.01. The van der Waals surface area contributed by atoms with Gasteiger partial charge in [-0.25, -0.2) is 0 Å². The minimum absolute atomic E-state index is 0.0196. The van der Waals surface area contributed by atoms with E-state index in [9.17, 15) is 19.8 Å². The number of aliphatic hydroxyl groups excluding tert-OH is 2. The van der Waals surface area contributed by atoms with Crippen molar-refractivity contribution < 1.29 is 24.5 Å². The molecule has 0 aromatic heterocycles. The van der Waals surface area contributed by atoms with Crippen molar-refractivity contribution in [3.63, 3.8) is 0 Å². The third kappa shape index (κ3) is 66.0. The van der Waals surface area contributed by atoms with E-state index in [0.29, 0.717) is 25.9 Å². The standard InChI is InChI=1S/C74H147NO5/c1-3-5-7-9-11-13-15-17-18-19-20-21-22-24-27-30-33-36-39-43-46-50-54-58-62-66-72(77)71(70-76)75-73(78)67-63-59-55-51-47-44-40-37-34-31-28-25-23-26-29-32-35-38-41-45-49-53-57-61-65-69-80-74(79)68-64-60-56-52-48-42-16-14-12-10-8-6-4-2/h71-72,76-77H,3-70H2,1-2H3,(H,75,78). The Balaban J connectivity index is 3.35. The quantitative estimate of drug-likeness (QED) is 0.0417. The fourth-order valence-corrected chi connectivity index (χ4v) is 12.2. The zero-order valence-corrected chi connectivity index (χ0v) is 54.9. The van der Waals surface area contributed by atoms with Crippen molar-refractivity contribution in [2.75, 3.05) is 13.2 Å². The lowest BCUT2D eigenvalue weighted by molar-refractivity contribution is -0.143. The normalized spacial score (nSPS) is 12.4. The number of unbranched alkanes of at least 4 members (excludes halogenated alkanes) is 60. The van der Waals surface area contributed by atoms with Gasteiger partial charge in [-0.05, 0) is 25.7 Å². The summed E-state index contributed by atoms with van der Waals surface area (Å²) in [6.07, 6.45) is 86.0. The zero-order valence-electron chi connectivity index (χ0n) is 54.9. The second-order valence-electron chi connectivity index (χ2n) is 26.0. The molecule has 0 aliphatic carbocycles. The Labute approximate surface area is 502 Å². The van der Waals surface area contributed by atoms with Crippen molar-refractivity contribution in [3.05, 3.63) is 0 Å². The Hall–Kier alpha value is -1.14. The van der Waals surface area contributed by atoms with Crippen molar-refractivity contribution in [1.29, 1.82) is 0 Å². The third-order valence-electron chi connectivity index (χ3n) is 17.9. The first-order valence-electron chi connectivity index (χ1n) is 37.3. The third-order valence-corrected chi connectivity index (χ3v) is 17.9. The number of nitrogens with one attached hydrogen (secondary N) is 1. The van der Waals surface area contributed by atoms with Gasteiger partial charge in [-0.1, -0.05) is 399 Å². The van der Waals surface area contributed by atoms with Crippen molar-refractivity contribution in [2.24, 2.45) is 0 Å². The summed E-state index contributed by atoms with van der Waals surface area (Å²) < 4.78 is 5.49. The van der Waals surface area contributed by atoms with Gasteiger partial charge in [0.2, 0.25) is 5.91 Å². The van der Waals surface area contributed by atoms with E-state index >= 15 is 0 Å². The van der Waals surface area contributed by atoms with Crippen LogP contribution in [-0.4, -0.2) is 47.4 Å². The van der Waals surface area contributed by atoms with E-state index in [4.69, 9.17) is 4.74 Å². The van der Waals surface area contributed by atoms with Crippen molar-refractivity contribution in [2.45, 2.75) is 450 Å². The highest BCUT2D eigenvalue weighted by molar-refractivity contribution is 5.76. The Morgan fingerprint density at radius 3 is 0.762 bits per heavy atom. The van der Waals surface area contributed by atoms with E-state index < -0.39 is 12.1 Å². The first-order chi connectivity index (χ1) is 39.5. The molecule has 0 aromatic rings. The Bertz CT molecular complexity index is 1160. The molecular weight excluding hydrogens is 983 g/mol. The average molecular weight is 1130 g/mol. The SMILES string of the molecule is CCCCCCCCCCCCCCCCCCCCCCCCCCCC(O)C(CO)NC(=O)CCCCCCCCCCCCCCCCCCCCCCCCCCCOC(=O)CCCCCCCCCCCCCCC. The average Bonchev–Trinajstić information content (AvgIpc) is 3.46. The van der Waals surface area contributed by atoms with Crippen molar-refractivity contribution >= 4 is 11.9 Å². The van der Waals surface area contributed by atoms with Crippen LogP contribution < -0.4 is 5.32 Å². The highest BCUT2D eigenvalue weighted by atomic mass is 16.5. The van der Waals surface area contributed by atoms with Gasteiger partial charge >= 0.3 is 5.97 Å². The molecule has 6 heteroatoms. The number of carbonyl (C=O) groups is 2. The number of ether oxygens (including phenoxy) is 1. The predicted octanol–water partition coefficient (Wildman–Crippen LogP) is 24.2. The fraction of sp³-hybridized carbons (Fsp3) is 0.973. The number of esters is 1. The molecule has 80 heavy (non-hydrogen) atoms. The Morgan fingerprint density at radius 2 is 0.512 bits per heavy atom. The molecule has 6 nitrogen and oxygen atoms in total. The van der Waals surface area contributed by atoms with E-state index in [1.807, 2.05) is 0 Å². The van der Waals surface area contributed by atoms with Crippen LogP contribution in [0.3, 0.4) is 0 Å². The number of rotatable bonds is 71. The van der Waals surface area contributed by atoms with Crippen molar-refractivity contribution in [1.82, 2.24) is 5.32 Å². The van der Waals surface area contributed by atoms with Gasteiger partial charge < -0.3 is 20.3 Å². The maximum atomic E-state index is 12.6. The van der Waals surface area contributed by atoms with Crippen LogP contribution in [0.15, 0.2) is 0 Å². The van der Waals surface area contributed by atoms with Crippen LogP contribution in [0, 0.1) is 0 Å². The molecule has 0 saturated carbocycles. The molecule has 0 radical (unpaired) electrons. The number of hydrogen-bond donors (Lipinski definition) is 3. The Kier molecular flexibility index (Phi) is 69.3. The maximum absolute atomic E-state index is 12.6. The molecule has 0 bridgehead atoms. The minimum atomic E-state index is -0.664. The molecule has 0 fully saturated rings. The zero-order chi connectivity index (χ0) is 57.8. The van der Waals surface area contributed by atoms with E-state index in [2.05, 4.69) is 19.2 Å². The molecule has 0 aromatic carbocycles. The lowest BCUT2D eigenvalue weighted by Crippen LogP contribution is -2.45. The van der Waals surface area contributed by atoms with E-state index in [-0.39, 0.29) is 18.5 Å². The highest BCUT2D eigenvalue weighted by Crippen LogP contribution is 2.20. The maximum Gasteiger partial charge on any atom is 0.305 e. The van der Waals surface area contributed by atoms with Crippen LogP contribution in [0.2, 0.25) is 0 Å². The number of carbonyl (C=O) groups excluding carboxylic acids is 2. The predicted molar refractivity (Wildman–Crippen MR) is 352 cm³/mol. The summed E-state index contributed by atoms with van der Waals surface area (Å²) >= 11 is 0. The van der Waals surface area contributed by atoms with Gasteiger partial charge in [-0.15, -0.1) is 0 Å². The fourth-order valence-electron chi connectivity index (χ4n) is 12.2. The van der Waals surface area contributed by atoms with Crippen LogP contribution in [0.1, 0.15) is 438 Å². The van der Waals surface area contributed by atoms with E-state index in [1.54, 1.807) is 0 Å².